The van der Waals surface area contributed by atoms with Gasteiger partial charge < -0.3 is 20.4 Å². The van der Waals surface area contributed by atoms with Crippen molar-refractivity contribution in [2.24, 2.45) is 29.1 Å². The topological polar surface area (TPSA) is 80.9 Å². The van der Waals surface area contributed by atoms with Gasteiger partial charge in [0.25, 0.3) is 0 Å². The van der Waals surface area contributed by atoms with Crippen molar-refractivity contribution in [3.05, 3.63) is 47.6 Å². The van der Waals surface area contributed by atoms with Crippen LogP contribution >= 0.6 is 0 Å². The average Bonchev–Trinajstić information content (AvgIpc) is 3.06. The molecule has 0 aromatic rings. The molecule has 7 atom stereocenters. The molecule has 3 aliphatic rings. The fourth-order valence-corrected chi connectivity index (χ4v) is 6.57. The third kappa shape index (κ3) is 5.30. The minimum atomic E-state index is -0.925. The van der Waals surface area contributed by atoms with Crippen molar-refractivity contribution in [3.63, 3.8) is 0 Å². The SMILES string of the molecule is C=C1/C(=C/C=C2\CCC[C@]3(C)[C@@H]([C@H](C)/C=C/[C@H](CO)C(C)(C)O)CC[C@@H]23)C[C@@H](O)C[C@@H]1O. The lowest BCUT2D eigenvalue weighted by atomic mass is 9.61. The summed E-state index contributed by atoms with van der Waals surface area (Å²) in [7, 11) is 0. The summed E-state index contributed by atoms with van der Waals surface area (Å²) in [5.41, 5.74) is 2.55. The van der Waals surface area contributed by atoms with Crippen LogP contribution in [0.5, 0.6) is 0 Å². The zero-order valence-corrected chi connectivity index (χ0v) is 20.4. The number of rotatable bonds is 6. The van der Waals surface area contributed by atoms with E-state index in [9.17, 15) is 20.4 Å². The van der Waals surface area contributed by atoms with E-state index < -0.39 is 17.8 Å². The molecule has 0 bridgehead atoms. The number of fused-ring (bicyclic) bond motifs is 1. The third-order valence-electron chi connectivity index (χ3n) is 8.69. The molecule has 3 rings (SSSR count). The largest absolute Gasteiger partial charge is 0.396 e. The lowest BCUT2D eigenvalue weighted by molar-refractivity contribution is 0.0128. The van der Waals surface area contributed by atoms with E-state index in [0.717, 1.165) is 17.6 Å². The number of aliphatic hydroxyl groups is 4. The molecule has 0 aliphatic heterocycles. The average molecular weight is 445 g/mol. The van der Waals surface area contributed by atoms with E-state index >= 15 is 0 Å². The van der Waals surface area contributed by atoms with Crippen LogP contribution in [-0.2, 0) is 0 Å². The van der Waals surface area contributed by atoms with Crippen LogP contribution in [-0.4, -0.2) is 44.8 Å². The molecule has 0 unspecified atom stereocenters. The van der Waals surface area contributed by atoms with Crippen molar-refractivity contribution in [2.75, 3.05) is 6.61 Å². The Morgan fingerprint density at radius 2 is 1.91 bits per heavy atom. The van der Waals surface area contributed by atoms with Crippen LogP contribution in [0.3, 0.4) is 0 Å². The second kappa shape index (κ2) is 9.97. The molecule has 3 saturated carbocycles. The van der Waals surface area contributed by atoms with E-state index in [4.69, 9.17) is 0 Å². The minimum absolute atomic E-state index is 0.0481. The van der Waals surface area contributed by atoms with E-state index in [2.05, 4.69) is 38.7 Å². The predicted octanol–water partition coefficient (Wildman–Crippen LogP) is 4.70. The highest BCUT2D eigenvalue weighted by molar-refractivity contribution is 5.38. The van der Waals surface area contributed by atoms with Crippen LogP contribution in [0.1, 0.15) is 72.6 Å². The molecule has 0 spiro atoms. The van der Waals surface area contributed by atoms with Crippen LogP contribution in [0.25, 0.3) is 0 Å². The summed E-state index contributed by atoms with van der Waals surface area (Å²) in [4.78, 5) is 0. The second-order valence-corrected chi connectivity index (χ2v) is 11.4. The Kier molecular flexibility index (Phi) is 7.92. The lowest BCUT2D eigenvalue weighted by Gasteiger charge is -2.44. The van der Waals surface area contributed by atoms with Gasteiger partial charge in [-0.2, -0.15) is 0 Å². The van der Waals surface area contributed by atoms with Gasteiger partial charge in [0.15, 0.2) is 0 Å². The maximum atomic E-state index is 10.3. The van der Waals surface area contributed by atoms with Crippen molar-refractivity contribution >= 4 is 0 Å². The predicted molar refractivity (Wildman–Crippen MR) is 130 cm³/mol. The Bertz CT molecular complexity index is 771. The van der Waals surface area contributed by atoms with E-state index in [0.29, 0.717) is 30.6 Å². The van der Waals surface area contributed by atoms with Crippen molar-refractivity contribution in [2.45, 2.75) is 90.4 Å². The van der Waals surface area contributed by atoms with Crippen molar-refractivity contribution in [3.8, 4) is 0 Å². The van der Waals surface area contributed by atoms with Crippen molar-refractivity contribution < 1.29 is 20.4 Å². The molecule has 32 heavy (non-hydrogen) atoms. The van der Waals surface area contributed by atoms with Gasteiger partial charge in [0.05, 0.1) is 24.4 Å². The molecule has 4 nitrogen and oxygen atoms in total. The summed E-state index contributed by atoms with van der Waals surface area (Å²) < 4.78 is 0. The summed E-state index contributed by atoms with van der Waals surface area (Å²) in [6.07, 6.45) is 14.3. The van der Waals surface area contributed by atoms with Crippen LogP contribution in [0.4, 0.5) is 0 Å². The van der Waals surface area contributed by atoms with Gasteiger partial charge in [-0.3, -0.25) is 0 Å². The first-order chi connectivity index (χ1) is 15.0. The van der Waals surface area contributed by atoms with Crippen LogP contribution in [0.2, 0.25) is 0 Å². The molecule has 4 heteroatoms. The molecule has 0 radical (unpaired) electrons. The minimum Gasteiger partial charge on any atom is -0.396 e. The summed E-state index contributed by atoms with van der Waals surface area (Å²) in [6, 6.07) is 0. The molecule has 0 aromatic carbocycles. The van der Waals surface area contributed by atoms with Gasteiger partial charge in [-0.1, -0.05) is 50.3 Å². The Morgan fingerprint density at radius 1 is 1.19 bits per heavy atom. The zero-order chi connectivity index (χ0) is 23.7. The Morgan fingerprint density at radius 3 is 2.56 bits per heavy atom. The molecule has 0 heterocycles. The highest BCUT2D eigenvalue weighted by Gasteiger charge is 2.50. The molecule has 0 saturated heterocycles. The number of allylic oxidation sites excluding steroid dienone is 4. The number of hydrogen-bond acceptors (Lipinski definition) is 4. The van der Waals surface area contributed by atoms with E-state index in [1.165, 1.54) is 31.3 Å². The zero-order valence-electron chi connectivity index (χ0n) is 20.4. The van der Waals surface area contributed by atoms with Gasteiger partial charge >= 0.3 is 0 Å². The molecule has 3 fully saturated rings. The quantitative estimate of drug-likeness (QED) is 0.448. The monoisotopic (exact) mass is 444 g/mol. The van der Waals surface area contributed by atoms with Gasteiger partial charge in [-0.25, -0.2) is 0 Å². The van der Waals surface area contributed by atoms with Crippen LogP contribution in [0.15, 0.2) is 47.6 Å². The van der Waals surface area contributed by atoms with Gasteiger partial charge in [0.2, 0.25) is 0 Å². The summed E-state index contributed by atoms with van der Waals surface area (Å²) in [5, 5.41) is 40.1. The Balaban J connectivity index is 1.77. The standard InChI is InChI=1S/C28H44O4/c1-18(8-11-22(17-29)27(3,4)32)24-12-13-25-20(7-6-14-28(24,25)5)9-10-21-15-23(30)16-26(31)19(21)2/h8-11,18,22-26,29-32H,2,6-7,12-17H2,1,3-5H3/b11-8+,20-9+,21-10+/t18-,22-,23-,24-,25+,26+,28-/m1/s1. The van der Waals surface area contributed by atoms with Gasteiger partial charge in [0, 0.05) is 12.3 Å². The molecular weight excluding hydrogens is 400 g/mol. The molecule has 4 N–H and O–H groups in total. The van der Waals surface area contributed by atoms with Gasteiger partial charge in [0.1, 0.15) is 0 Å². The second-order valence-electron chi connectivity index (χ2n) is 11.4. The maximum Gasteiger partial charge on any atom is 0.0811 e. The fourth-order valence-electron chi connectivity index (χ4n) is 6.57. The van der Waals surface area contributed by atoms with Gasteiger partial charge in [-0.05, 0) is 86.7 Å². The van der Waals surface area contributed by atoms with Gasteiger partial charge in [-0.15, -0.1) is 0 Å². The van der Waals surface area contributed by atoms with Crippen LogP contribution < -0.4 is 0 Å². The molecule has 0 amide bonds. The molecule has 3 aliphatic carbocycles. The summed E-state index contributed by atoms with van der Waals surface area (Å²) in [6.45, 7) is 12.2. The van der Waals surface area contributed by atoms with Crippen LogP contribution in [0, 0.1) is 29.1 Å². The first-order valence-electron chi connectivity index (χ1n) is 12.4. The highest BCUT2D eigenvalue weighted by Crippen LogP contribution is 2.59. The smallest absolute Gasteiger partial charge is 0.0811 e. The maximum absolute atomic E-state index is 10.3. The fraction of sp³-hybridized carbons (Fsp3) is 0.714. The number of aliphatic hydroxyl groups excluding tert-OH is 3. The molecule has 0 aromatic heterocycles. The van der Waals surface area contributed by atoms with E-state index in [-0.39, 0.29) is 17.9 Å². The number of hydrogen-bond donors (Lipinski definition) is 4. The summed E-state index contributed by atoms with van der Waals surface area (Å²) in [5.74, 6) is 1.28. The highest BCUT2D eigenvalue weighted by atomic mass is 16.3. The Labute approximate surface area is 194 Å². The third-order valence-corrected chi connectivity index (χ3v) is 8.69. The molecular formula is C28H44O4. The normalized spacial score (nSPS) is 38.4. The van der Waals surface area contributed by atoms with Crippen molar-refractivity contribution in [1.29, 1.82) is 0 Å². The first-order valence-corrected chi connectivity index (χ1v) is 12.4. The summed E-state index contributed by atoms with van der Waals surface area (Å²) >= 11 is 0. The van der Waals surface area contributed by atoms with Crippen molar-refractivity contribution in [1.82, 2.24) is 0 Å². The molecule has 180 valence electrons. The lowest BCUT2D eigenvalue weighted by Crippen LogP contribution is -2.36. The first kappa shape index (κ1) is 25.4. The Hall–Kier alpha value is -1.20. The van der Waals surface area contributed by atoms with E-state index in [1.54, 1.807) is 13.8 Å². The van der Waals surface area contributed by atoms with E-state index in [1.807, 2.05) is 6.08 Å².